The van der Waals surface area contributed by atoms with Gasteiger partial charge < -0.3 is 4.40 Å². The second kappa shape index (κ2) is 8.43. The Bertz CT molecular complexity index is 1410. The number of fused-ring (bicyclic) bond motifs is 1. The number of sulfone groups is 1. The fraction of sp³-hybridized carbons (Fsp3) is 0.360. The summed E-state index contributed by atoms with van der Waals surface area (Å²) in [5.74, 6) is 0.439. The lowest BCUT2D eigenvalue weighted by atomic mass is 10.1. The minimum Gasteiger partial charge on any atom is -0.302 e. The van der Waals surface area contributed by atoms with Crippen LogP contribution >= 0.6 is 0 Å². The molecule has 1 atom stereocenters. The lowest BCUT2D eigenvalue weighted by Gasteiger charge is -2.18. The summed E-state index contributed by atoms with van der Waals surface area (Å²) >= 11 is 0. The highest BCUT2D eigenvalue weighted by molar-refractivity contribution is 7.91. The minimum absolute atomic E-state index is 0.0591. The van der Waals surface area contributed by atoms with Gasteiger partial charge in [0.15, 0.2) is 9.84 Å². The molecule has 1 fully saturated rings. The first-order valence-corrected chi connectivity index (χ1v) is 13.1. The van der Waals surface area contributed by atoms with E-state index in [1.807, 2.05) is 48.0 Å². The van der Waals surface area contributed by atoms with Crippen molar-refractivity contribution < 1.29 is 8.42 Å². The first-order chi connectivity index (χ1) is 15.8. The van der Waals surface area contributed by atoms with Gasteiger partial charge in [0, 0.05) is 36.1 Å². The molecule has 3 aromatic heterocycles. The maximum absolute atomic E-state index is 12.0. The molecule has 0 N–H and O–H groups in total. The molecule has 4 heterocycles. The van der Waals surface area contributed by atoms with E-state index in [2.05, 4.69) is 41.6 Å². The molecule has 0 saturated carbocycles. The molecule has 1 saturated heterocycles. The number of aromatic nitrogens is 4. The molecule has 4 aromatic rings. The summed E-state index contributed by atoms with van der Waals surface area (Å²) in [5.41, 5.74) is 7.36. The average Bonchev–Trinajstić information content (AvgIpc) is 3.43. The topological polar surface area (TPSA) is 72.5 Å². The van der Waals surface area contributed by atoms with Gasteiger partial charge in [-0.05, 0) is 39.4 Å². The first-order valence-electron chi connectivity index (χ1n) is 11.3. The maximum atomic E-state index is 12.0. The van der Waals surface area contributed by atoms with Gasteiger partial charge in [-0.3, -0.25) is 9.58 Å². The van der Waals surface area contributed by atoms with Crippen molar-refractivity contribution in [3.05, 3.63) is 77.4 Å². The van der Waals surface area contributed by atoms with Gasteiger partial charge in [-0.2, -0.15) is 5.10 Å². The van der Waals surface area contributed by atoms with Crippen molar-refractivity contribution in [2.45, 2.75) is 39.4 Å². The molecule has 172 valence electrons. The Morgan fingerprint density at radius 1 is 1.06 bits per heavy atom. The molecular formula is C25H29N5O2S. The molecule has 1 aliphatic rings. The number of hydrogen-bond donors (Lipinski definition) is 0. The lowest BCUT2D eigenvalue weighted by molar-refractivity contribution is 0.313. The van der Waals surface area contributed by atoms with Crippen LogP contribution in [0.5, 0.6) is 0 Å². The zero-order valence-electron chi connectivity index (χ0n) is 19.3. The Labute approximate surface area is 194 Å². The Hall–Kier alpha value is -2.97. The Kier molecular flexibility index (Phi) is 5.58. The van der Waals surface area contributed by atoms with Crippen molar-refractivity contribution in [3.8, 4) is 11.3 Å². The monoisotopic (exact) mass is 463 g/mol. The largest absolute Gasteiger partial charge is 0.302 e. The molecule has 1 unspecified atom stereocenters. The Balaban J connectivity index is 1.43. The van der Waals surface area contributed by atoms with Gasteiger partial charge in [-0.25, -0.2) is 13.4 Å². The highest BCUT2D eigenvalue weighted by Gasteiger charge is 2.31. The zero-order valence-corrected chi connectivity index (χ0v) is 20.1. The summed E-state index contributed by atoms with van der Waals surface area (Å²) in [6.45, 7) is 5.51. The van der Waals surface area contributed by atoms with Crippen LogP contribution in [0.25, 0.3) is 16.9 Å². The molecule has 0 bridgehead atoms. The molecule has 0 spiro atoms. The van der Waals surface area contributed by atoms with Crippen molar-refractivity contribution in [1.29, 1.82) is 0 Å². The molecular weight excluding hydrogens is 434 g/mol. The minimum atomic E-state index is -2.95. The third-order valence-corrected chi connectivity index (χ3v) is 8.30. The number of aryl methyl sites for hydroxylation is 1. The van der Waals surface area contributed by atoms with Crippen molar-refractivity contribution in [1.82, 2.24) is 24.1 Å². The number of nitrogens with zero attached hydrogens (tertiary/aromatic N) is 5. The van der Waals surface area contributed by atoms with Gasteiger partial charge in [-0.1, -0.05) is 36.4 Å². The summed E-state index contributed by atoms with van der Waals surface area (Å²) in [6.07, 6.45) is 2.70. The Morgan fingerprint density at radius 2 is 1.82 bits per heavy atom. The van der Waals surface area contributed by atoms with Gasteiger partial charge in [-0.15, -0.1) is 0 Å². The van der Waals surface area contributed by atoms with E-state index in [0.717, 1.165) is 52.6 Å². The smallest absolute Gasteiger partial charge is 0.152 e. The third kappa shape index (κ3) is 4.20. The number of hydrogen-bond acceptors (Lipinski definition) is 5. The predicted octanol–water partition coefficient (Wildman–Crippen LogP) is 3.81. The lowest BCUT2D eigenvalue weighted by Crippen LogP contribution is -2.20. The second-order valence-electron chi connectivity index (χ2n) is 9.03. The predicted molar refractivity (Wildman–Crippen MR) is 130 cm³/mol. The molecule has 8 heteroatoms. The first kappa shape index (κ1) is 21.9. The SMILES string of the molecule is Cc1nn(C2CCS(=O)(=O)C2)c(C)c1CN(C)Cc1c(-c2ccccc2)nc2ccccn12. The van der Waals surface area contributed by atoms with E-state index >= 15 is 0 Å². The van der Waals surface area contributed by atoms with E-state index in [0.29, 0.717) is 6.42 Å². The highest BCUT2D eigenvalue weighted by Crippen LogP contribution is 2.29. The summed E-state index contributed by atoms with van der Waals surface area (Å²) in [4.78, 5) is 7.18. The van der Waals surface area contributed by atoms with Gasteiger partial charge >= 0.3 is 0 Å². The standard InChI is InChI=1S/C25H29N5O2S/c1-18-22(19(2)30(27-18)21-12-14-33(31,32)17-21)15-28(3)16-23-25(20-9-5-4-6-10-20)26-24-11-7-8-13-29(23)24/h4-11,13,21H,12,14-17H2,1-3H3. The molecule has 0 aliphatic carbocycles. The maximum Gasteiger partial charge on any atom is 0.152 e. The van der Waals surface area contributed by atoms with Gasteiger partial charge in [0.1, 0.15) is 5.65 Å². The molecule has 33 heavy (non-hydrogen) atoms. The van der Waals surface area contributed by atoms with Crippen LogP contribution in [0.1, 0.15) is 35.1 Å². The summed E-state index contributed by atoms with van der Waals surface area (Å²) in [5, 5.41) is 4.73. The molecule has 5 rings (SSSR count). The molecule has 1 aromatic carbocycles. The number of imidazole rings is 1. The average molecular weight is 464 g/mol. The van der Waals surface area contributed by atoms with Crippen LogP contribution in [0, 0.1) is 13.8 Å². The van der Waals surface area contributed by atoms with E-state index in [1.54, 1.807) is 0 Å². The fourth-order valence-electron chi connectivity index (χ4n) is 4.86. The number of benzene rings is 1. The van der Waals surface area contributed by atoms with Crippen LogP contribution in [0.2, 0.25) is 0 Å². The second-order valence-corrected chi connectivity index (χ2v) is 11.3. The van der Waals surface area contributed by atoms with Crippen LogP contribution in [0.3, 0.4) is 0 Å². The molecule has 0 radical (unpaired) electrons. The zero-order chi connectivity index (χ0) is 23.2. The summed E-state index contributed by atoms with van der Waals surface area (Å²) < 4.78 is 28.0. The van der Waals surface area contributed by atoms with Gasteiger partial charge in [0.2, 0.25) is 0 Å². The van der Waals surface area contributed by atoms with E-state index in [1.165, 1.54) is 0 Å². The van der Waals surface area contributed by atoms with Crippen molar-refractivity contribution in [2.75, 3.05) is 18.6 Å². The van der Waals surface area contributed by atoms with E-state index < -0.39 is 9.84 Å². The van der Waals surface area contributed by atoms with Crippen LogP contribution in [0.4, 0.5) is 0 Å². The fourth-order valence-corrected chi connectivity index (χ4v) is 6.55. The number of rotatable bonds is 6. The highest BCUT2D eigenvalue weighted by atomic mass is 32.2. The van der Waals surface area contributed by atoms with Gasteiger partial charge in [0.25, 0.3) is 0 Å². The number of pyridine rings is 1. The summed E-state index contributed by atoms with van der Waals surface area (Å²) in [7, 11) is -0.850. The molecule has 7 nitrogen and oxygen atoms in total. The van der Waals surface area contributed by atoms with Crippen molar-refractivity contribution >= 4 is 15.5 Å². The van der Waals surface area contributed by atoms with Gasteiger partial charge in [0.05, 0.1) is 34.6 Å². The van der Waals surface area contributed by atoms with E-state index in [9.17, 15) is 8.42 Å². The van der Waals surface area contributed by atoms with Crippen LogP contribution in [-0.2, 0) is 22.9 Å². The van der Waals surface area contributed by atoms with E-state index in [-0.39, 0.29) is 17.5 Å². The molecule has 0 amide bonds. The normalized spacial score (nSPS) is 17.9. The van der Waals surface area contributed by atoms with Crippen LogP contribution in [0.15, 0.2) is 54.7 Å². The van der Waals surface area contributed by atoms with E-state index in [4.69, 9.17) is 10.1 Å². The third-order valence-electron chi connectivity index (χ3n) is 6.55. The quantitative estimate of drug-likeness (QED) is 0.435. The summed E-state index contributed by atoms with van der Waals surface area (Å²) in [6, 6.07) is 16.3. The van der Waals surface area contributed by atoms with Crippen LogP contribution in [-0.4, -0.2) is 51.0 Å². The Morgan fingerprint density at radius 3 is 2.55 bits per heavy atom. The van der Waals surface area contributed by atoms with Crippen LogP contribution < -0.4 is 0 Å². The van der Waals surface area contributed by atoms with Crippen molar-refractivity contribution in [2.24, 2.45) is 0 Å². The van der Waals surface area contributed by atoms with Crippen molar-refractivity contribution in [3.63, 3.8) is 0 Å². The molecule has 1 aliphatic heterocycles.